The van der Waals surface area contributed by atoms with Crippen LogP contribution >= 0.6 is 11.3 Å². The van der Waals surface area contributed by atoms with Crippen LogP contribution in [0.2, 0.25) is 0 Å². The Hall–Kier alpha value is -2.93. The molecule has 0 radical (unpaired) electrons. The van der Waals surface area contributed by atoms with Crippen molar-refractivity contribution in [1.82, 2.24) is 14.8 Å². The van der Waals surface area contributed by atoms with E-state index in [4.69, 9.17) is 4.42 Å². The van der Waals surface area contributed by atoms with E-state index in [1.165, 1.54) is 11.3 Å². The molecule has 6 nitrogen and oxygen atoms in total. The second-order valence-corrected chi connectivity index (χ2v) is 7.63. The first-order valence-corrected chi connectivity index (χ1v) is 10.1. The van der Waals surface area contributed by atoms with Crippen LogP contribution in [-0.2, 0) is 11.2 Å². The Morgan fingerprint density at radius 3 is 2.43 bits per heavy atom. The topological polar surface area (TPSA) is 66.7 Å². The first kappa shape index (κ1) is 18.4. The highest BCUT2D eigenvalue weighted by Gasteiger charge is 2.25. The lowest BCUT2D eigenvalue weighted by molar-refractivity contribution is -0.132. The lowest BCUT2D eigenvalue weighted by Crippen LogP contribution is -2.51. The van der Waals surface area contributed by atoms with E-state index in [2.05, 4.69) is 4.98 Å². The fraction of sp³-hybridized carbons (Fsp3) is 0.286. The van der Waals surface area contributed by atoms with Crippen LogP contribution in [0.1, 0.15) is 21.8 Å². The van der Waals surface area contributed by atoms with E-state index in [9.17, 15) is 9.59 Å². The number of thiazole rings is 1. The fourth-order valence-electron chi connectivity index (χ4n) is 3.24. The van der Waals surface area contributed by atoms with Crippen molar-refractivity contribution in [1.29, 1.82) is 0 Å². The van der Waals surface area contributed by atoms with Gasteiger partial charge in [0.05, 0.1) is 12.1 Å². The molecule has 0 atom stereocenters. The number of aryl methyl sites for hydroxylation is 1. The van der Waals surface area contributed by atoms with Crippen LogP contribution in [0.25, 0.3) is 10.8 Å². The Labute approximate surface area is 167 Å². The molecule has 1 saturated heterocycles. The number of carbonyl (C=O) groups excluding carboxylic acids is 2. The first-order chi connectivity index (χ1) is 13.6. The van der Waals surface area contributed by atoms with Crippen molar-refractivity contribution < 1.29 is 14.0 Å². The molecule has 0 unspecified atom stereocenters. The van der Waals surface area contributed by atoms with Crippen molar-refractivity contribution in [2.75, 3.05) is 26.2 Å². The number of carbonyl (C=O) groups is 2. The fourth-order valence-corrected chi connectivity index (χ4v) is 4.02. The normalized spacial score (nSPS) is 14.3. The quantitative estimate of drug-likeness (QED) is 0.680. The maximum Gasteiger partial charge on any atom is 0.253 e. The molecule has 4 rings (SSSR count). The molecule has 3 aromatic rings. The van der Waals surface area contributed by atoms with Crippen LogP contribution in [0.4, 0.5) is 0 Å². The van der Waals surface area contributed by atoms with Crippen LogP contribution in [-0.4, -0.2) is 52.8 Å². The number of piperazine rings is 1. The monoisotopic (exact) mass is 395 g/mol. The van der Waals surface area contributed by atoms with Crippen LogP contribution in [0.15, 0.2) is 52.3 Å². The number of amides is 2. The summed E-state index contributed by atoms with van der Waals surface area (Å²) < 4.78 is 5.59. The minimum absolute atomic E-state index is 0.0191. The van der Waals surface area contributed by atoms with Gasteiger partial charge in [-0.25, -0.2) is 4.98 Å². The summed E-state index contributed by atoms with van der Waals surface area (Å²) in [6.45, 7) is 4.09. The van der Waals surface area contributed by atoms with Gasteiger partial charge in [-0.15, -0.1) is 11.3 Å². The number of benzene rings is 1. The zero-order valence-corrected chi connectivity index (χ0v) is 16.4. The van der Waals surface area contributed by atoms with Gasteiger partial charge >= 0.3 is 0 Å². The van der Waals surface area contributed by atoms with E-state index < -0.39 is 0 Å². The molecule has 1 aliphatic heterocycles. The van der Waals surface area contributed by atoms with E-state index in [1.54, 1.807) is 4.90 Å². The van der Waals surface area contributed by atoms with E-state index >= 15 is 0 Å². The number of hydrogen-bond donors (Lipinski definition) is 0. The molecule has 0 spiro atoms. The van der Waals surface area contributed by atoms with Gasteiger partial charge in [-0.3, -0.25) is 9.59 Å². The number of nitrogens with zero attached hydrogens (tertiary/aromatic N) is 3. The van der Waals surface area contributed by atoms with E-state index in [0.717, 1.165) is 22.2 Å². The Kier molecular flexibility index (Phi) is 5.25. The maximum atomic E-state index is 12.6. The second kappa shape index (κ2) is 7.98. The highest BCUT2D eigenvalue weighted by Crippen LogP contribution is 2.26. The number of rotatable bonds is 4. The summed E-state index contributed by atoms with van der Waals surface area (Å²) in [7, 11) is 0. The number of furan rings is 1. The molecule has 1 fully saturated rings. The number of hydrogen-bond acceptors (Lipinski definition) is 5. The molecular weight excluding hydrogens is 374 g/mol. The zero-order valence-electron chi connectivity index (χ0n) is 15.6. The maximum absolute atomic E-state index is 12.6. The van der Waals surface area contributed by atoms with E-state index in [-0.39, 0.29) is 18.2 Å². The number of aromatic nitrogens is 1. The highest BCUT2D eigenvalue weighted by molar-refractivity contribution is 7.13. The summed E-state index contributed by atoms with van der Waals surface area (Å²) in [5.74, 6) is 1.63. The average Bonchev–Trinajstić information content (AvgIpc) is 3.37. The van der Waals surface area contributed by atoms with E-state index in [1.807, 2.05) is 59.7 Å². The third kappa shape index (κ3) is 3.99. The Morgan fingerprint density at radius 1 is 1.04 bits per heavy atom. The third-order valence-electron chi connectivity index (χ3n) is 4.78. The molecule has 0 aliphatic carbocycles. The first-order valence-electron chi connectivity index (χ1n) is 9.23. The molecular formula is C21H21N3O3S. The molecule has 1 aliphatic rings. The lowest BCUT2D eigenvalue weighted by atomic mass is 10.2. The van der Waals surface area contributed by atoms with Crippen molar-refractivity contribution in [2.45, 2.75) is 13.3 Å². The minimum Gasteiger partial charge on any atom is -0.459 e. The van der Waals surface area contributed by atoms with Crippen molar-refractivity contribution in [3.63, 3.8) is 0 Å². The van der Waals surface area contributed by atoms with Gasteiger partial charge < -0.3 is 14.2 Å². The molecule has 3 heterocycles. The lowest BCUT2D eigenvalue weighted by Gasteiger charge is -2.34. The standard InChI is InChI=1S/C21H21N3O3S/c1-15-7-8-18(27-15)20-22-17(14-28-20)13-19(25)23-9-11-24(12-10-23)21(26)16-5-3-2-4-6-16/h2-8,14H,9-13H2,1H3. The molecule has 1 aromatic carbocycles. The SMILES string of the molecule is Cc1ccc(-c2nc(CC(=O)N3CCN(C(=O)c4ccccc4)CC3)cs2)o1. The Balaban J connectivity index is 1.32. The molecule has 7 heteroatoms. The predicted octanol–water partition coefficient (Wildman–Crippen LogP) is 3.24. The molecule has 144 valence electrons. The molecule has 28 heavy (non-hydrogen) atoms. The van der Waals surface area contributed by atoms with Crippen molar-refractivity contribution in [2.24, 2.45) is 0 Å². The van der Waals surface area contributed by atoms with Gasteiger partial charge in [0.2, 0.25) is 5.91 Å². The van der Waals surface area contributed by atoms with Gasteiger partial charge in [0.1, 0.15) is 5.76 Å². The molecule has 2 amide bonds. The summed E-state index contributed by atoms with van der Waals surface area (Å²) in [6, 6.07) is 13.0. The van der Waals surface area contributed by atoms with Crippen LogP contribution in [0.3, 0.4) is 0 Å². The summed E-state index contributed by atoms with van der Waals surface area (Å²) in [5, 5.41) is 2.69. The van der Waals surface area contributed by atoms with Gasteiger partial charge in [-0.1, -0.05) is 18.2 Å². The van der Waals surface area contributed by atoms with Crippen LogP contribution < -0.4 is 0 Å². The summed E-state index contributed by atoms with van der Waals surface area (Å²) in [4.78, 5) is 33.3. The van der Waals surface area contributed by atoms with Crippen molar-refractivity contribution >= 4 is 23.2 Å². The molecule has 2 aromatic heterocycles. The third-order valence-corrected chi connectivity index (χ3v) is 5.68. The molecule has 0 N–H and O–H groups in total. The average molecular weight is 395 g/mol. The zero-order chi connectivity index (χ0) is 19.5. The van der Waals surface area contributed by atoms with Crippen LogP contribution in [0, 0.1) is 6.92 Å². The molecule has 0 bridgehead atoms. The second-order valence-electron chi connectivity index (χ2n) is 6.77. The summed E-state index contributed by atoms with van der Waals surface area (Å²) in [5.41, 5.74) is 1.44. The van der Waals surface area contributed by atoms with E-state index in [0.29, 0.717) is 31.7 Å². The summed E-state index contributed by atoms with van der Waals surface area (Å²) in [6.07, 6.45) is 0.267. The van der Waals surface area contributed by atoms with Crippen LogP contribution in [0.5, 0.6) is 0 Å². The largest absolute Gasteiger partial charge is 0.459 e. The highest BCUT2D eigenvalue weighted by atomic mass is 32.1. The van der Waals surface area contributed by atoms with Gasteiger partial charge in [0.15, 0.2) is 10.8 Å². The van der Waals surface area contributed by atoms with Gasteiger partial charge in [0.25, 0.3) is 5.91 Å². The van der Waals surface area contributed by atoms with Crippen molar-refractivity contribution in [3.05, 3.63) is 64.9 Å². The predicted molar refractivity (Wildman–Crippen MR) is 107 cm³/mol. The molecule has 0 saturated carbocycles. The van der Waals surface area contributed by atoms with Gasteiger partial charge in [-0.05, 0) is 31.2 Å². The Morgan fingerprint density at radius 2 is 1.75 bits per heavy atom. The van der Waals surface area contributed by atoms with Gasteiger partial charge in [0, 0.05) is 37.1 Å². The summed E-state index contributed by atoms with van der Waals surface area (Å²) >= 11 is 1.48. The smallest absolute Gasteiger partial charge is 0.253 e. The minimum atomic E-state index is 0.0191. The van der Waals surface area contributed by atoms with Crippen molar-refractivity contribution in [3.8, 4) is 10.8 Å². The van der Waals surface area contributed by atoms with Gasteiger partial charge in [-0.2, -0.15) is 0 Å². The Bertz CT molecular complexity index is 972.